The molecule has 16 heavy (non-hydrogen) atoms. The van der Waals surface area contributed by atoms with Crippen LogP contribution in [0.1, 0.15) is 46.0 Å². The molecule has 0 spiro atoms. The molecule has 0 atom stereocenters. The number of allylic oxidation sites excluding steroid dienone is 1. The van der Waals surface area contributed by atoms with E-state index in [1.165, 1.54) is 0 Å². The molecular formula is C13H22O3. The van der Waals surface area contributed by atoms with Gasteiger partial charge in [-0.15, -0.1) is 0 Å². The molecule has 0 unspecified atom stereocenters. The van der Waals surface area contributed by atoms with Gasteiger partial charge in [-0.05, 0) is 31.8 Å². The van der Waals surface area contributed by atoms with Gasteiger partial charge in [-0.3, -0.25) is 4.79 Å². The van der Waals surface area contributed by atoms with E-state index in [2.05, 4.69) is 6.58 Å². The van der Waals surface area contributed by atoms with Gasteiger partial charge >= 0.3 is 0 Å². The Hall–Kier alpha value is -0.670. The van der Waals surface area contributed by atoms with E-state index in [0.29, 0.717) is 19.6 Å². The topological polar surface area (TPSA) is 35.5 Å². The predicted octanol–water partition coefficient (Wildman–Crippen LogP) is 2.85. The zero-order chi connectivity index (χ0) is 12.0. The zero-order valence-corrected chi connectivity index (χ0v) is 10.4. The van der Waals surface area contributed by atoms with Gasteiger partial charge in [0.25, 0.3) is 0 Å². The van der Waals surface area contributed by atoms with Gasteiger partial charge in [0.1, 0.15) is 0 Å². The largest absolute Gasteiger partial charge is 0.348 e. The first-order valence-corrected chi connectivity index (χ1v) is 6.06. The Balaban J connectivity index is 2.12. The lowest BCUT2D eigenvalue weighted by Gasteiger charge is -2.21. The summed E-state index contributed by atoms with van der Waals surface area (Å²) in [5.41, 5.74) is 0.751. The average Bonchev–Trinajstić information content (AvgIpc) is 2.70. The normalized spacial score (nSPS) is 18.6. The minimum atomic E-state index is -0.393. The molecule has 1 aliphatic heterocycles. The molecule has 0 N–H and O–H groups in total. The molecule has 0 saturated carbocycles. The smallest absolute Gasteiger partial charge is 0.165 e. The number of Topliss-reactive ketones (excluding diaryl/α,β-unsaturated/α-hetero) is 1. The molecule has 3 nitrogen and oxygen atoms in total. The van der Waals surface area contributed by atoms with Crippen LogP contribution in [0, 0.1) is 0 Å². The highest BCUT2D eigenvalue weighted by molar-refractivity contribution is 5.94. The Morgan fingerprint density at radius 3 is 2.50 bits per heavy atom. The Morgan fingerprint density at radius 2 is 1.94 bits per heavy atom. The third-order valence-corrected chi connectivity index (χ3v) is 2.97. The highest BCUT2D eigenvalue weighted by atomic mass is 16.7. The summed E-state index contributed by atoms with van der Waals surface area (Å²) in [5.74, 6) is -0.213. The van der Waals surface area contributed by atoms with Crippen LogP contribution in [-0.2, 0) is 14.3 Å². The fourth-order valence-electron chi connectivity index (χ4n) is 1.88. The monoisotopic (exact) mass is 226 g/mol. The van der Waals surface area contributed by atoms with Gasteiger partial charge in [0, 0.05) is 12.8 Å². The first kappa shape index (κ1) is 13.4. The van der Waals surface area contributed by atoms with Crippen molar-refractivity contribution in [3.05, 3.63) is 12.2 Å². The van der Waals surface area contributed by atoms with Crippen LogP contribution >= 0.6 is 0 Å². The number of hydrogen-bond acceptors (Lipinski definition) is 3. The minimum Gasteiger partial charge on any atom is -0.348 e. The molecule has 1 fully saturated rings. The van der Waals surface area contributed by atoms with E-state index in [0.717, 1.165) is 31.3 Å². The Labute approximate surface area is 97.8 Å². The first-order chi connectivity index (χ1) is 7.57. The van der Waals surface area contributed by atoms with Crippen LogP contribution in [-0.4, -0.2) is 24.8 Å². The van der Waals surface area contributed by atoms with Gasteiger partial charge in [0.2, 0.25) is 0 Å². The molecule has 1 heterocycles. The Bertz CT molecular complexity index is 252. The highest BCUT2D eigenvalue weighted by Crippen LogP contribution is 2.25. The highest BCUT2D eigenvalue weighted by Gasteiger charge is 2.29. The molecule has 92 valence electrons. The first-order valence-electron chi connectivity index (χ1n) is 6.06. The maximum Gasteiger partial charge on any atom is 0.165 e. The van der Waals surface area contributed by atoms with Crippen molar-refractivity contribution in [2.45, 2.75) is 51.7 Å². The van der Waals surface area contributed by atoms with E-state index in [1.54, 1.807) is 0 Å². The molecule has 0 aliphatic carbocycles. The van der Waals surface area contributed by atoms with Crippen LogP contribution in [0.4, 0.5) is 0 Å². The van der Waals surface area contributed by atoms with Gasteiger partial charge in [-0.2, -0.15) is 0 Å². The summed E-state index contributed by atoms with van der Waals surface area (Å²) in [6.45, 7) is 9.03. The second-order valence-electron chi connectivity index (χ2n) is 4.42. The van der Waals surface area contributed by atoms with Crippen LogP contribution in [0.15, 0.2) is 12.2 Å². The Kier molecular flexibility index (Phi) is 5.16. The molecule has 1 aliphatic rings. The summed E-state index contributed by atoms with van der Waals surface area (Å²) in [7, 11) is 0. The van der Waals surface area contributed by atoms with Gasteiger partial charge in [0.15, 0.2) is 11.6 Å². The molecule has 1 rings (SSSR count). The lowest BCUT2D eigenvalue weighted by atomic mass is 10.0. The standard InChI is InChI=1S/C13H22O3/c1-4-12(14)11(2)7-5-6-8-13(3)15-9-10-16-13/h2,4-10H2,1,3H3. The number of ketones is 1. The molecular weight excluding hydrogens is 204 g/mol. The van der Waals surface area contributed by atoms with Crippen LogP contribution < -0.4 is 0 Å². The van der Waals surface area contributed by atoms with Crippen molar-refractivity contribution >= 4 is 5.78 Å². The number of unbranched alkanes of at least 4 members (excludes halogenated alkanes) is 1. The van der Waals surface area contributed by atoms with Crippen molar-refractivity contribution < 1.29 is 14.3 Å². The van der Waals surface area contributed by atoms with E-state index < -0.39 is 5.79 Å². The van der Waals surface area contributed by atoms with Crippen LogP contribution in [0.3, 0.4) is 0 Å². The third kappa shape index (κ3) is 4.06. The molecule has 0 aromatic heterocycles. The molecule has 0 aromatic rings. The van der Waals surface area contributed by atoms with Crippen LogP contribution in [0.5, 0.6) is 0 Å². The van der Waals surface area contributed by atoms with E-state index >= 15 is 0 Å². The summed E-state index contributed by atoms with van der Waals surface area (Å²) >= 11 is 0. The molecule has 0 radical (unpaired) electrons. The molecule has 0 amide bonds. The SMILES string of the molecule is C=C(CCCCC1(C)OCCO1)C(=O)CC. The summed E-state index contributed by atoms with van der Waals surface area (Å²) in [6, 6.07) is 0. The van der Waals surface area contributed by atoms with Crippen LogP contribution in [0.25, 0.3) is 0 Å². The van der Waals surface area contributed by atoms with Gasteiger partial charge in [0.05, 0.1) is 13.2 Å². The van der Waals surface area contributed by atoms with Gasteiger partial charge < -0.3 is 9.47 Å². The minimum absolute atomic E-state index is 0.180. The number of ether oxygens (including phenoxy) is 2. The fourth-order valence-corrected chi connectivity index (χ4v) is 1.88. The van der Waals surface area contributed by atoms with Crippen molar-refractivity contribution in [3.8, 4) is 0 Å². The number of carbonyl (C=O) groups is 1. The maximum absolute atomic E-state index is 11.3. The zero-order valence-electron chi connectivity index (χ0n) is 10.4. The van der Waals surface area contributed by atoms with E-state index in [1.807, 2.05) is 13.8 Å². The average molecular weight is 226 g/mol. The van der Waals surface area contributed by atoms with Gasteiger partial charge in [-0.25, -0.2) is 0 Å². The molecule has 0 bridgehead atoms. The quantitative estimate of drug-likeness (QED) is 0.494. The lowest BCUT2D eigenvalue weighted by molar-refractivity contribution is -0.147. The predicted molar refractivity (Wildman–Crippen MR) is 63.2 cm³/mol. The molecule has 3 heteroatoms. The number of hydrogen-bond donors (Lipinski definition) is 0. The number of carbonyl (C=O) groups excluding carboxylic acids is 1. The number of rotatable bonds is 7. The van der Waals surface area contributed by atoms with Crippen molar-refractivity contribution in [3.63, 3.8) is 0 Å². The van der Waals surface area contributed by atoms with Gasteiger partial charge in [-0.1, -0.05) is 13.5 Å². The van der Waals surface area contributed by atoms with Crippen molar-refractivity contribution in [2.24, 2.45) is 0 Å². The summed E-state index contributed by atoms with van der Waals surface area (Å²) < 4.78 is 11.0. The maximum atomic E-state index is 11.3. The van der Waals surface area contributed by atoms with E-state index in [-0.39, 0.29) is 5.78 Å². The van der Waals surface area contributed by atoms with Crippen LogP contribution in [0.2, 0.25) is 0 Å². The van der Waals surface area contributed by atoms with E-state index in [4.69, 9.17) is 9.47 Å². The van der Waals surface area contributed by atoms with E-state index in [9.17, 15) is 4.79 Å². The molecule has 0 aromatic carbocycles. The second-order valence-corrected chi connectivity index (χ2v) is 4.42. The van der Waals surface area contributed by atoms with Crippen molar-refractivity contribution in [1.82, 2.24) is 0 Å². The summed E-state index contributed by atoms with van der Waals surface area (Å²) in [4.78, 5) is 11.3. The molecule has 1 saturated heterocycles. The third-order valence-electron chi connectivity index (χ3n) is 2.97. The van der Waals surface area contributed by atoms with Crippen molar-refractivity contribution in [2.75, 3.05) is 13.2 Å². The van der Waals surface area contributed by atoms with Crippen molar-refractivity contribution in [1.29, 1.82) is 0 Å². The lowest BCUT2D eigenvalue weighted by Crippen LogP contribution is -2.25. The summed E-state index contributed by atoms with van der Waals surface area (Å²) in [5, 5.41) is 0. The Morgan fingerprint density at radius 1 is 1.31 bits per heavy atom. The summed E-state index contributed by atoms with van der Waals surface area (Å²) in [6.07, 6.45) is 4.23. The second kappa shape index (κ2) is 6.16. The fraction of sp³-hybridized carbons (Fsp3) is 0.769.